The second-order valence-electron chi connectivity index (χ2n) is 4.66. The Kier molecular flexibility index (Phi) is 3.95. The lowest BCUT2D eigenvalue weighted by Crippen LogP contribution is -2.25. The van der Waals surface area contributed by atoms with Crippen molar-refractivity contribution in [1.29, 1.82) is 0 Å². The summed E-state index contributed by atoms with van der Waals surface area (Å²) >= 11 is 1.61. The fraction of sp³-hybridized carbons (Fsp3) is 0.188. The van der Waals surface area contributed by atoms with Gasteiger partial charge in [0.25, 0.3) is 0 Å². The predicted octanol–water partition coefficient (Wildman–Crippen LogP) is 4.18. The summed E-state index contributed by atoms with van der Waals surface area (Å²) in [4.78, 5) is 4.37. The van der Waals surface area contributed by atoms with Gasteiger partial charge in [0.05, 0.1) is 23.5 Å². The number of hydrogen-bond acceptors (Lipinski definition) is 4. The molecule has 0 spiro atoms. The summed E-state index contributed by atoms with van der Waals surface area (Å²) in [5.41, 5.74) is 4.10. The molecule has 0 amide bonds. The molecule has 20 heavy (non-hydrogen) atoms. The number of thiazole rings is 1. The molecule has 0 aliphatic carbocycles. The van der Waals surface area contributed by atoms with Crippen LogP contribution in [0.25, 0.3) is 0 Å². The third-order valence-electron chi connectivity index (χ3n) is 3.27. The van der Waals surface area contributed by atoms with Crippen LogP contribution in [0.15, 0.2) is 64.0 Å². The second-order valence-corrected chi connectivity index (χ2v) is 5.38. The Hall–Kier alpha value is -1.91. The Bertz CT molecular complexity index is 620. The lowest BCUT2D eigenvalue weighted by molar-refractivity contribution is 0.416. The molecular formula is C16H16N2OS. The molecule has 2 aromatic heterocycles. The maximum absolute atomic E-state index is 5.59. The van der Waals surface area contributed by atoms with Gasteiger partial charge in [0.2, 0.25) is 0 Å². The van der Waals surface area contributed by atoms with Gasteiger partial charge in [-0.15, -0.1) is 11.3 Å². The second kappa shape index (κ2) is 6.03. The van der Waals surface area contributed by atoms with Crippen LogP contribution in [0.2, 0.25) is 0 Å². The zero-order chi connectivity index (χ0) is 13.8. The van der Waals surface area contributed by atoms with Crippen LogP contribution in [0.5, 0.6) is 0 Å². The summed E-state index contributed by atoms with van der Waals surface area (Å²) < 4.78 is 5.59. The zero-order valence-electron chi connectivity index (χ0n) is 11.2. The number of rotatable bonds is 5. The fourth-order valence-corrected chi connectivity index (χ4v) is 2.86. The van der Waals surface area contributed by atoms with E-state index in [1.54, 1.807) is 17.6 Å². The normalized spacial score (nSPS) is 14.1. The lowest BCUT2D eigenvalue weighted by atomic mass is 10.0. The van der Waals surface area contributed by atoms with E-state index in [1.807, 2.05) is 35.8 Å². The Balaban J connectivity index is 1.87. The van der Waals surface area contributed by atoms with E-state index in [0.29, 0.717) is 0 Å². The predicted molar refractivity (Wildman–Crippen MR) is 80.7 cm³/mol. The van der Waals surface area contributed by atoms with Gasteiger partial charge in [0.1, 0.15) is 5.76 Å². The highest BCUT2D eigenvalue weighted by Crippen LogP contribution is 2.26. The van der Waals surface area contributed by atoms with Gasteiger partial charge in [-0.25, -0.2) is 4.98 Å². The summed E-state index contributed by atoms with van der Waals surface area (Å²) in [7, 11) is 0. The van der Waals surface area contributed by atoms with Crippen LogP contribution < -0.4 is 5.32 Å². The Morgan fingerprint density at radius 3 is 2.65 bits per heavy atom. The van der Waals surface area contributed by atoms with Gasteiger partial charge in [-0.2, -0.15) is 0 Å². The van der Waals surface area contributed by atoms with E-state index in [0.717, 1.165) is 11.5 Å². The first-order valence-corrected chi connectivity index (χ1v) is 7.51. The quantitative estimate of drug-likeness (QED) is 0.764. The fourth-order valence-electron chi connectivity index (χ4n) is 2.21. The van der Waals surface area contributed by atoms with Crippen molar-refractivity contribution in [1.82, 2.24) is 10.3 Å². The largest absolute Gasteiger partial charge is 0.467 e. The van der Waals surface area contributed by atoms with Crippen LogP contribution >= 0.6 is 11.3 Å². The van der Waals surface area contributed by atoms with Crippen molar-refractivity contribution in [3.8, 4) is 0 Å². The van der Waals surface area contributed by atoms with Gasteiger partial charge in [-0.05, 0) is 24.6 Å². The topological polar surface area (TPSA) is 38.1 Å². The van der Waals surface area contributed by atoms with E-state index in [1.165, 1.54) is 5.56 Å². The highest BCUT2D eigenvalue weighted by Gasteiger charge is 2.20. The molecule has 4 heteroatoms. The Morgan fingerprint density at radius 2 is 2.00 bits per heavy atom. The van der Waals surface area contributed by atoms with Gasteiger partial charge in [0, 0.05) is 11.4 Å². The first-order valence-electron chi connectivity index (χ1n) is 6.57. The summed E-state index contributed by atoms with van der Waals surface area (Å²) in [6.07, 6.45) is 1.71. The molecule has 0 aliphatic heterocycles. The number of furan rings is 1. The molecule has 3 aromatic rings. The number of nitrogens with zero attached hydrogens (tertiary/aromatic N) is 1. The molecule has 102 valence electrons. The minimum atomic E-state index is 0.0305. The van der Waals surface area contributed by atoms with Crippen molar-refractivity contribution >= 4 is 11.3 Å². The number of benzene rings is 1. The molecule has 0 saturated carbocycles. The SMILES string of the molecule is CC(NC(c1ccccc1)c1ccco1)c1cscn1. The molecule has 3 nitrogen and oxygen atoms in total. The molecule has 2 heterocycles. The smallest absolute Gasteiger partial charge is 0.125 e. The first-order chi connectivity index (χ1) is 9.84. The lowest BCUT2D eigenvalue weighted by Gasteiger charge is -2.21. The van der Waals surface area contributed by atoms with E-state index in [4.69, 9.17) is 4.42 Å². The molecule has 2 unspecified atom stereocenters. The third-order valence-corrected chi connectivity index (χ3v) is 3.88. The molecule has 1 N–H and O–H groups in total. The van der Waals surface area contributed by atoms with E-state index >= 15 is 0 Å². The van der Waals surface area contributed by atoms with E-state index in [-0.39, 0.29) is 12.1 Å². The van der Waals surface area contributed by atoms with Crippen LogP contribution in [0.4, 0.5) is 0 Å². The molecule has 0 saturated heterocycles. The van der Waals surface area contributed by atoms with Crippen molar-refractivity contribution < 1.29 is 4.42 Å². The van der Waals surface area contributed by atoms with Crippen LogP contribution in [-0.4, -0.2) is 4.98 Å². The number of aromatic nitrogens is 1. The van der Waals surface area contributed by atoms with Crippen molar-refractivity contribution in [2.75, 3.05) is 0 Å². The maximum Gasteiger partial charge on any atom is 0.125 e. The molecule has 3 rings (SSSR count). The molecule has 0 bridgehead atoms. The first kappa shape index (κ1) is 13.1. The minimum absolute atomic E-state index is 0.0305. The molecular weight excluding hydrogens is 268 g/mol. The number of nitrogens with one attached hydrogen (secondary N) is 1. The van der Waals surface area contributed by atoms with Crippen molar-refractivity contribution in [2.45, 2.75) is 19.0 Å². The molecule has 0 aliphatic rings. The zero-order valence-corrected chi connectivity index (χ0v) is 12.0. The van der Waals surface area contributed by atoms with Gasteiger partial charge >= 0.3 is 0 Å². The average Bonchev–Trinajstić information content (AvgIpc) is 3.18. The Labute approximate surface area is 122 Å². The van der Waals surface area contributed by atoms with E-state index in [9.17, 15) is 0 Å². The van der Waals surface area contributed by atoms with E-state index < -0.39 is 0 Å². The van der Waals surface area contributed by atoms with Gasteiger partial charge < -0.3 is 4.42 Å². The van der Waals surface area contributed by atoms with Crippen molar-refractivity contribution in [2.24, 2.45) is 0 Å². The average molecular weight is 284 g/mol. The maximum atomic E-state index is 5.59. The molecule has 2 atom stereocenters. The number of hydrogen-bond donors (Lipinski definition) is 1. The summed E-state index contributed by atoms with van der Waals surface area (Å²) in [6, 6.07) is 14.4. The van der Waals surface area contributed by atoms with Crippen LogP contribution in [0.3, 0.4) is 0 Å². The van der Waals surface area contributed by atoms with Gasteiger partial charge in [-0.3, -0.25) is 5.32 Å². The van der Waals surface area contributed by atoms with Crippen LogP contribution in [-0.2, 0) is 0 Å². The van der Waals surface area contributed by atoms with Crippen molar-refractivity contribution in [3.05, 3.63) is 76.6 Å². The summed E-state index contributed by atoms with van der Waals surface area (Å²) in [5.74, 6) is 0.915. The van der Waals surface area contributed by atoms with Gasteiger partial charge in [-0.1, -0.05) is 30.3 Å². The van der Waals surface area contributed by atoms with Crippen LogP contribution in [0, 0.1) is 0 Å². The molecule has 0 radical (unpaired) electrons. The van der Waals surface area contributed by atoms with Crippen molar-refractivity contribution in [3.63, 3.8) is 0 Å². The minimum Gasteiger partial charge on any atom is -0.467 e. The molecule has 1 aromatic carbocycles. The summed E-state index contributed by atoms with van der Waals surface area (Å²) in [5, 5.41) is 5.66. The van der Waals surface area contributed by atoms with E-state index in [2.05, 4.69) is 34.7 Å². The van der Waals surface area contributed by atoms with Gasteiger partial charge in [0.15, 0.2) is 0 Å². The highest BCUT2D eigenvalue weighted by molar-refractivity contribution is 7.07. The monoisotopic (exact) mass is 284 g/mol. The van der Waals surface area contributed by atoms with Crippen LogP contribution in [0.1, 0.15) is 36.0 Å². The Morgan fingerprint density at radius 1 is 1.15 bits per heavy atom. The third kappa shape index (κ3) is 2.81. The highest BCUT2D eigenvalue weighted by atomic mass is 32.1. The summed E-state index contributed by atoms with van der Waals surface area (Å²) in [6.45, 7) is 2.12. The standard InChI is InChI=1S/C16H16N2OS/c1-12(14-10-20-11-17-14)18-16(15-8-5-9-19-15)13-6-3-2-4-7-13/h2-12,16,18H,1H3. The molecule has 0 fully saturated rings.